The molecule has 11 nitrogen and oxygen atoms in total. The van der Waals surface area contributed by atoms with Gasteiger partial charge in [-0.3, -0.25) is 34.4 Å². The Labute approximate surface area is 282 Å². The first kappa shape index (κ1) is 34.6. The molecule has 0 saturated carbocycles. The second-order valence-corrected chi connectivity index (χ2v) is 12.8. The first-order valence-electron chi connectivity index (χ1n) is 15.7. The quantitative estimate of drug-likeness (QED) is 0.0630. The van der Waals surface area contributed by atoms with Gasteiger partial charge in [0.15, 0.2) is 0 Å². The SMILES string of the molecule is CC(CC(=O)NO)CC(C)(C)CNC(=O)c1ccc(C(F)(C(=O)Nc2cccc3cccnc23)C(=O)Nc2cccc3cccnc23)cc1. The number of para-hydroxylation sites is 2. The molecule has 49 heavy (non-hydrogen) atoms. The number of carbonyl (C=O) groups is 4. The third-order valence-electron chi connectivity index (χ3n) is 8.22. The molecule has 3 aromatic carbocycles. The fourth-order valence-corrected chi connectivity index (χ4v) is 5.92. The van der Waals surface area contributed by atoms with Gasteiger partial charge in [-0.15, -0.1) is 0 Å². The second-order valence-electron chi connectivity index (χ2n) is 12.8. The van der Waals surface area contributed by atoms with E-state index >= 15 is 4.39 Å². The fourth-order valence-electron chi connectivity index (χ4n) is 5.92. The van der Waals surface area contributed by atoms with Crippen LogP contribution in [0.1, 0.15) is 49.5 Å². The number of pyridine rings is 2. The van der Waals surface area contributed by atoms with Crippen LogP contribution in [0.3, 0.4) is 0 Å². The van der Waals surface area contributed by atoms with Crippen molar-refractivity contribution in [2.24, 2.45) is 11.3 Å². The number of nitrogens with one attached hydrogen (secondary N) is 4. The van der Waals surface area contributed by atoms with E-state index in [0.29, 0.717) is 28.2 Å². The lowest BCUT2D eigenvalue weighted by Gasteiger charge is -2.28. The first-order valence-corrected chi connectivity index (χ1v) is 15.7. The normalized spacial score (nSPS) is 12.3. The molecule has 0 aliphatic rings. The van der Waals surface area contributed by atoms with Gasteiger partial charge in [0.25, 0.3) is 23.4 Å². The molecule has 2 heterocycles. The van der Waals surface area contributed by atoms with E-state index in [2.05, 4.69) is 25.9 Å². The topological polar surface area (TPSA) is 162 Å². The van der Waals surface area contributed by atoms with Crippen LogP contribution >= 0.6 is 0 Å². The summed E-state index contributed by atoms with van der Waals surface area (Å²) >= 11 is 0. The van der Waals surface area contributed by atoms with Gasteiger partial charge in [-0.25, -0.2) is 9.87 Å². The highest BCUT2D eigenvalue weighted by molar-refractivity contribution is 6.20. The van der Waals surface area contributed by atoms with E-state index in [1.54, 1.807) is 78.5 Å². The number of fused-ring (bicyclic) bond motifs is 2. The summed E-state index contributed by atoms with van der Waals surface area (Å²) in [4.78, 5) is 61.0. The third-order valence-corrected chi connectivity index (χ3v) is 8.22. The van der Waals surface area contributed by atoms with Crippen LogP contribution in [0.25, 0.3) is 21.8 Å². The molecule has 5 aromatic rings. The maximum atomic E-state index is 17.3. The summed E-state index contributed by atoms with van der Waals surface area (Å²) in [5.74, 6) is -3.48. The summed E-state index contributed by atoms with van der Waals surface area (Å²) in [6, 6.07) is 22.3. The number of hydrogen-bond donors (Lipinski definition) is 5. The van der Waals surface area contributed by atoms with E-state index in [0.717, 1.165) is 0 Å². The minimum Gasteiger partial charge on any atom is -0.352 e. The zero-order valence-electron chi connectivity index (χ0n) is 27.3. The standard InChI is InChI=1S/C37H37FN6O5/c1-23(20-30(45)44-49)21-36(2,3)22-41-33(46)26-14-16-27(17-15-26)37(38,34(47)42-28-12-4-8-24-10-6-18-39-31(24)28)35(48)43-29-13-5-9-25-11-7-19-40-32(25)29/h4-19,23,49H,20-22H2,1-3H3,(H,41,46)(H,42,47)(H,43,48)(H,44,45). The van der Waals surface area contributed by atoms with Crippen molar-refractivity contribution in [3.63, 3.8) is 0 Å². The van der Waals surface area contributed by atoms with Crippen molar-refractivity contribution in [2.75, 3.05) is 17.2 Å². The highest BCUT2D eigenvalue weighted by atomic mass is 19.1. The van der Waals surface area contributed by atoms with Crippen molar-refractivity contribution >= 4 is 56.8 Å². The molecule has 0 saturated heterocycles. The number of hydrogen-bond acceptors (Lipinski definition) is 7. The number of anilines is 2. The zero-order chi connectivity index (χ0) is 35.2. The van der Waals surface area contributed by atoms with Gasteiger partial charge < -0.3 is 16.0 Å². The summed E-state index contributed by atoms with van der Waals surface area (Å²) in [5.41, 5.74) is -0.845. The van der Waals surface area contributed by atoms with Gasteiger partial charge >= 0.3 is 0 Å². The van der Waals surface area contributed by atoms with Crippen molar-refractivity contribution in [1.29, 1.82) is 0 Å². The Bertz CT molecular complexity index is 1910. The maximum Gasteiger partial charge on any atom is 0.291 e. The average Bonchev–Trinajstić information content (AvgIpc) is 3.10. The van der Waals surface area contributed by atoms with Crippen LogP contribution in [-0.2, 0) is 20.1 Å². The molecule has 12 heteroatoms. The molecule has 1 atom stereocenters. The van der Waals surface area contributed by atoms with Gasteiger partial charge in [-0.2, -0.15) is 0 Å². The Morgan fingerprint density at radius 1 is 0.776 bits per heavy atom. The summed E-state index contributed by atoms with van der Waals surface area (Å²) in [7, 11) is 0. The van der Waals surface area contributed by atoms with Crippen molar-refractivity contribution in [3.05, 3.63) is 108 Å². The van der Waals surface area contributed by atoms with Crippen molar-refractivity contribution in [1.82, 2.24) is 20.8 Å². The predicted molar refractivity (Wildman–Crippen MR) is 184 cm³/mol. The first-order chi connectivity index (χ1) is 23.4. The van der Waals surface area contributed by atoms with Crippen LogP contribution in [0.15, 0.2) is 97.3 Å². The highest BCUT2D eigenvalue weighted by Crippen LogP contribution is 2.33. The molecular weight excluding hydrogens is 627 g/mol. The Kier molecular flexibility index (Phi) is 10.3. The van der Waals surface area contributed by atoms with Crippen molar-refractivity contribution in [3.8, 4) is 0 Å². The van der Waals surface area contributed by atoms with E-state index in [1.165, 1.54) is 24.3 Å². The maximum absolute atomic E-state index is 17.3. The number of alkyl halides is 1. The van der Waals surface area contributed by atoms with Gasteiger partial charge in [0.2, 0.25) is 5.91 Å². The largest absolute Gasteiger partial charge is 0.352 e. The number of aromatic nitrogens is 2. The number of hydroxylamine groups is 1. The Morgan fingerprint density at radius 3 is 1.80 bits per heavy atom. The Morgan fingerprint density at radius 2 is 1.29 bits per heavy atom. The molecule has 0 radical (unpaired) electrons. The highest BCUT2D eigenvalue weighted by Gasteiger charge is 2.49. The molecule has 0 fully saturated rings. The van der Waals surface area contributed by atoms with Gasteiger partial charge in [0.05, 0.1) is 22.4 Å². The van der Waals surface area contributed by atoms with Crippen LogP contribution in [-0.4, -0.2) is 45.3 Å². The minimum atomic E-state index is -3.25. The Hall–Kier alpha value is -5.75. The molecule has 5 rings (SSSR count). The predicted octanol–water partition coefficient (Wildman–Crippen LogP) is 5.90. The fraction of sp³-hybridized carbons (Fsp3) is 0.243. The van der Waals surface area contributed by atoms with E-state index in [9.17, 15) is 19.2 Å². The Balaban J connectivity index is 1.40. The summed E-state index contributed by atoms with van der Waals surface area (Å²) in [6.07, 6.45) is 3.81. The van der Waals surface area contributed by atoms with E-state index < -0.39 is 29.3 Å². The monoisotopic (exact) mass is 664 g/mol. The van der Waals surface area contributed by atoms with Crippen LogP contribution in [0.5, 0.6) is 0 Å². The molecule has 0 aliphatic carbocycles. The second kappa shape index (κ2) is 14.6. The van der Waals surface area contributed by atoms with Gasteiger partial charge in [-0.1, -0.05) is 69.3 Å². The average molecular weight is 665 g/mol. The van der Waals surface area contributed by atoms with Crippen molar-refractivity contribution in [2.45, 2.75) is 39.3 Å². The third kappa shape index (κ3) is 7.87. The van der Waals surface area contributed by atoms with Crippen LogP contribution in [0, 0.1) is 11.3 Å². The van der Waals surface area contributed by atoms with E-state index in [4.69, 9.17) is 5.21 Å². The molecular formula is C37H37FN6O5. The molecule has 0 aliphatic heterocycles. The van der Waals surface area contributed by atoms with Gasteiger partial charge in [0, 0.05) is 47.3 Å². The molecule has 2 aromatic heterocycles. The molecule has 0 spiro atoms. The summed E-state index contributed by atoms with van der Waals surface area (Å²) in [6.45, 7) is 6.03. The zero-order valence-corrected chi connectivity index (χ0v) is 27.3. The van der Waals surface area contributed by atoms with E-state index in [1.807, 2.05) is 20.8 Å². The van der Waals surface area contributed by atoms with E-state index in [-0.39, 0.29) is 46.8 Å². The molecule has 0 bridgehead atoms. The number of halogens is 1. The number of rotatable bonds is 12. The minimum absolute atomic E-state index is 0.0531. The smallest absolute Gasteiger partial charge is 0.291 e. The summed E-state index contributed by atoms with van der Waals surface area (Å²) in [5, 5.41) is 18.2. The number of benzene rings is 3. The van der Waals surface area contributed by atoms with Crippen LogP contribution in [0.2, 0.25) is 0 Å². The lowest BCUT2D eigenvalue weighted by Crippen LogP contribution is -2.46. The van der Waals surface area contributed by atoms with Crippen LogP contribution < -0.4 is 21.4 Å². The molecule has 252 valence electrons. The number of carbonyl (C=O) groups excluding carboxylic acids is 4. The number of amides is 4. The summed E-state index contributed by atoms with van der Waals surface area (Å²) < 4.78 is 17.3. The molecule has 1 unspecified atom stereocenters. The van der Waals surface area contributed by atoms with Gasteiger partial charge in [0.1, 0.15) is 0 Å². The van der Waals surface area contributed by atoms with Crippen molar-refractivity contribution < 1.29 is 28.8 Å². The number of nitrogens with zero attached hydrogens (tertiary/aromatic N) is 2. The lowest BCUT2D eigenvalue weighted by molar-refractivity contribution is -0.140. The van der Waals surface area contributed by atoms with Gasteiger partial charge in [-0.05, 0) is 54.2 Å². The van der Waals surface area contributed by atoms with Crippen LogP contribution in [0.4, 0.5) is 15.8 Å². The molecule has 4 amide bonds. The molecule has 5 N–H and O–H groups in total. The lowest BCUT2D eigenvalue weighted by atomic mass is 9.82.